The van der Waals surface area contributed by atoms with Crippen LogP contribution < -0.4 is 10.1 Å². The van der Waals surface area contributed by atoms with Gasteiger partial charge >= 0.3 is 0 Å². The van der Waals surface area contributed by atoms with Crippen LogP contribution in [0.15, 0.2) is 30.3 Å². The third-order valence-corrected chi connectivity index (χ3v) is 7.33. The Morgan fingerprint density at radius 1 is 1.23 bits per heavy atom. The fourth-order valence-electron chi connectivity index (χ4n) is 4.23. The molecule has 0 atom stereocenters. The number of amides is 1. The molecule has 162 valence electrons. The number of nitrogens with zero attached hydrogens (tertiary/aromatic N) is 1. The molecular weight excluding hydrogens is 396 g/mol. The van der Waals surface area contributed by atoms with Crippen molar-refractivity contribution in [1.29, 1.82) is 0 Å². The zero-order chi connectivity index (χ0) is 20.8. The number of carbonyl (C=O) groups is 1. The van der Waals surface area contributed by atoms with Gasteiger partial charge < -0.3 is 14.8 Å². The second-order valence-corrected chi connectivity index (χ2v) is 9.41. The van der Waals surface area contributed by atoms with Gasteiger partial charge in [0, 0.05) is 37.2 Å². The minimum absolute atomic E-state index is 0.0267. The summed E-state index contributed by atoms with van der Waals surface area (Å²) in [6, 6.07) is 10.7. The van der Waals surface area contributed by atoms with E-state index in [2.05, 4.69) is 23.3 Å². The molecule has 1 aliphatic heterocycles. The van der Waals surface area contributed by atoms with E-state index in [0.717, 1.165) is 61.6 Å². The van der Waals surface area contributed by atoms with Gasteiger partial charge in [0.1, 0.15) is 12.4 Å². The summed E-state index contributed by atoms with van der Waals surface area (Å²) in [4.78, 5) is 17.2. The molecule has 1 aromatic heterocycles. The van der Waals surface area contributed by atoms with Gasteiger partial charge in [-0.3, -0.25) is 9.69 Å². The van der Waals surface area contributed by atoms with Gasteiger partial charge in [0.05, 0.1) is 4.88 Å². The molecule has 30 heavy (non-hydrogen) atoms. The number of nitrogens with one attached hydrogen (secondary N) is 1. The molecule has 2 aliphatic rings. The second kappa shape index (κ2) is 10.4. The molecule has 2 aromatic rings. The van der Waals surface area contributed by atoms with Crippen LogP contribution in [-0.2, 0) is 24.1 Å². The van der Waals surface area contributed by atoms with Crippen molar-refractivity contribution >= 4 is 17.2 Å². The first-order chi connectivity index (χ1) is 14.7. The van der Waals surface area contributed by atoms with Crippen LogP contribution in [0.4, 0.5) is 0 Å². The predicted molar refractivity (Wildman–Crippen MR) is 121 cm³/mol. The highest BCUT2D eigenvalue weighted by molar-refractivity contribution is 7.14. The van der Waals surface area contributed by atoms with Crippen LogP contribution in [0.5, 0.6) is 5.75 Å². The lowest BCUT2D eigenvalue weighted by molar-refractivity contribution is 0.0392. The molecule has 4 rings (SSSR count). The highest BCUT2D eigenvalue weighted by Gasteiger charge is 2.18. The van der Waals surface area contributed by atoms with E-state index in [1.165, 1.54) is 23.3 Å². The van der Waals surface area contributed by atoms with E-state index in [4.69, 9.17) is 9.47 Å². The minimum Gasteiger partial charge on any atom is -0.492 e. The summed E-state index contributed by atoms with van der Waals surface area (Å²) in [6.07, 6.45) is 6.91. The molecule has 1 amide bonds. The average molecular weight is 429 g/mol. The van der Waals surface area contributed by atoms with E-state index in [0.29, 0.717) is 19.2 Å². The van der Waals surface area contributed by atoms with Gasteiger partial charge in [0.15, 0.2) is 0 Å². The summed E-state index contributed by atoms with van der Waals surface area (Å²) in [6.45, 7) is 3.79. The van der Waals surface area contributed by atoms with Crippen LogP contribution in [0, 0.1) is 0 Å². The zero-order valence-corrected chi connectivity index (χ0v) is 18.6. The number of hydrogen-bond acceptors (Lipinski definition) is 5. The van der Waals surface area contributed by atoms with Crippen molar-refractivity contribution in [2.24, 2.45) is 0 Å². The van der Waals surface area contributed by atoms with Crippen molar-refractivity contribution in [1.82, 2.24) is 10.2 Å². The highest BCUT2D eigenvalue weighted by Crippen LogP contribution is 2.29. The van der Waals surface area contributed by atoms with Crippen LogP contribution >= 0.6 is 11.3 Å². The molecule has 1 fully saturated rings. The van der Waals surface area contributed by atoms with Gasteiger partial charge in [0.25, 0.3) is 5.91 Å². The lowest BCUT2D eigenvalue weighted by atomic mass is 9.99. The van der Waals surface area contributed by atoms with E-state index in [1.54, 1.807) is 11.3 Å². The Balaban J connectivity index is 1.24. The third kappa shape index (κ3) is 5.62. The summed E-state index contributed by atoms with van der Waals surface area (Å²) in [5, 5.41) is 3.06. The highest BCUT2D eigenvalue weighted by atomic mass is 32.1. The van der Waals surface area contributed by atoms with Crippen molar-refractivity contribution < 1.29 is 14.3 Å². The number of carbonyl (C=O) groups excluding carboxylic acids is 1. The van der Waals surface area contributed by atoms with Crippen molar-refractivity contribution in [3.8, 4) is 5.75 Å². The van der Waals surface area contributed by atoms with Gasteiger partial charge in [-0.1, -0.05) is 12.1 Å². The summed E-state index contributed by atoms with van der Waals surface area (Å²) in [5.74, 6) is 0.882. The fraction of sp³-hybridized carbons (Fsp3) is 0.542. The molecule has 0 saturated carbocycles. The maximum absolute atomic E-state index is 12.6. The molecule has 0 spiro atoms. The Labute approximate surface area is 183 Å². The molecule has 1 aliphatic carbocycles. The lowest BCUT2D eigenvalue weighted by Crippen LogP contribution is -2.38. The molecule has 1 aromatic carbocycles. The number of rotatable bonds is 8. The smallest absolute Gasteiger partial charge is 0.261 e. The standard InChI is InChI=1S/C24H32N2O3S/c1-26(20-9-12-28-13-10-20)11-14-29-21-7-4-5-18(15-21)17-25-24(27)23-16-19-6-2-3-8-22(19)30-23/h4-5,7,15-16,20H,2-3,6,8-14,17H2,1H3,(H,25,27). The molecule has 2 heterocycles. The molecule has 1 saturated heterocycles. The summed E-state index contributed by atoms with van der Waals surface area (Å²) in [5.41, 5.74) is 2.43. The maximum Gasteiger partial charge on any atom is 0.261 e. The molecule has 0 unspecified atom stereocenters. The number of hydrogen-bond donors (Lipinski definition) is 1. The topological polar surface area (TPSA) is 50.8 Å². The number of fused-ring (bicyclic) bond motifs is 1. The van der Waals surface area contributed by atoms with Crippen molar-refractivity contribution in [2.45, 2.75) is 51.1 Å². The fourth-order valence-corrected chi connectivity index (χ4v) is 5.40. The molecular formula is C24H32N2O3S. The Morgan fingerprint density at radius 3 is 2.90 bits per heavy atom. The third-order valence-electron chi connectivity index (χ3n) is 6.10. The Kier molecular flexibility index (Phi) is 7.42. The molecule has 0 radical (unpaired) electrons. The quantitative estimate of drug-likeness (QED) is 0.689. The van der Waals surface area contributed by atoms with E-state index in [-0.39, 0.29) is 5.91 Å². The van der Waals surface area contributed by atoms with E-state index in [1.807, 2.05) is 24.3 Å². The lowest BCUT2D eigenvalue weighted by Gasteiger charge is -2.31. The first-order valence-electron chi connectivity index (χ1n) is 11.1. The SMILES string of the molecule is CN(CCOc1cccc(CNC(=O)c2cc3c(s2)CCCC3)c1)C1CCOCC1. The van der Waals surface area contributed by atoms with Crippen molar-refractivity contribution in [3.63, 3.8) is 0 Å². The van der Waals surface area contributed by atoms with Gasteiger partial charge in [-0.2, -0.15) is 0 Å². The first-order valence-corrected chi connectivity index (χ1v) is 11.9. The number of likely N-dealkylation sites (N-methyl/N-ethyl adjacent to an activating group) is 1. The van der Waals surface area contributed by atoms with Crippen LogP contribution in [0.1, 0.15) is 51.4 Å². The van der Waals surface area contributed by atoms with Crippen LogP contribution in [0.3, 0.4) is 0 Å². The first kappa shape index (κ1) is 21.3. The van der Waals surface area contributed by atoms with Gasteiger partial charge in [0.2, 0.25) is 0 Å². The molecule has 1 N–H and O–H groups in total. The average Bonchev–Trinajstić information content (AvgIpc) is 3.23. The van der Waals surface area contributed by atoms with Crippen LogP contribution in [0.25, 0.3) is 0 Å². The van der Waals surface area contributed by atoms with Crippen molar-refractivity contribution in [3.05, 3.63) is 51.2 Å². The van der Waals surface area contributed by atoms with Gasteiger partial charge in [-0.15, -0.1) is 11.3 Å². The Morgan fingerprint density at radius 2 is 2.07 bits per heavy atom. The largest absolute Gasteiger partial charge is 0.492 e. The van der Waals surface area contributed by atoms with Gasteiger partial charge in [-0.25, -0.2) is 0 Å². The zero-order valence-electron chi connectivity index (χ0n) is 17.8. The summed E-state index contributed by atoms with van der Waals surface area (Å²) >= 11 is 1.66. The summed E-state index contributed by atoms with van der Waals surface area (Å²) in [7, 11) is 2.16. The monoisotopic (exact) mass is 428 g/mol. The molecule has 6 heteroatoms. The minimum atomic E-state index is 0.0267. The number of aryl methyl sites for hydroxylation is 2. The normalized spacial score (nSPS) is 17.0. The predicted octanol–water partition coefficient (Wildman–Crippen LogP) is 4.05. The maximum atomic E-state index is 12.6. The number of ether oxygens (including phenoxy) is 2. The van der Waals surface area contributed by atoms with E-state index in [9.17, 15) is 4.79 Å². The molecule has 0 bridgehead atoms. The Bertz CT molecular complexity index is 821. The Hall–Kier alpha value is -1.89. The van der Waals surface area contributed by atoms with Crippen LogP contribution in [0.2, 0.25) is 0 Å². The number of benzene rings is 1. The van der Waals surface area contributed by atoms with Crippen LogP contribution in [-0.4, -0.2) is 50.3 Å². The van der Waals surface area contributed by atoms with Gasteiger partial charge in [-0.05, 0) is 74.9 Å². The van der Waals surface area contributed by atoms with Crippen molar-refractivity contribution in [2.75, 3.05) is 33.4 Å². The van der Waals surface area contributed by atoms with E-state index < -0.39 is 0 Å². The number of thiophene rings is 1. The summed E-state index contributed by atoms with van der Waals surface area (Å²) < 4.78 is 11.4. The molecule has 5 nitrogen and oxygen atoms in total. The second-order valence-electron chi connectivity index (χ2n) is 8.27. The van der Waals surface area contributed by atoms with E-state index >= 15 is 0 Å².